The minimum Gasteiger partial charge on any atom is -0.394 e. The summed E-state index contributed by atoms with van der Waals surface area (Å²) in [5.41, 5.74) is 5.10. The molecule has 1 amide bonds. The van der Waals surface area contributed by atoms with E-state index in [2.05, 4.69) is 20.3 Å². The van der Waals surface area contributed by atoms with Crippen molar-refractivity contribution in [3.63, 3.8) is 0 Å². The molecular weight excluding hydrogens is 192 g/mol. The van der Waals surface area contributed by atoms with Gasteiger partial charge in [0.2, 0.25) is 11.5 Å². The standard InChI is InChI=1S/C6H10N4O4/c7-5-4(9-14-10-5)6(13)8-1-3(12)2-11/h3,11-12H,1-2H2,(H2,7,10)(H,8,13). The number of hydrogen-bond donors (Lipinski definition) is 4. The van der Waals surface area contributed by atoms with Gasteiger partial charge in [-0.1, -0.05) is 0 Å². The summed E-state index contributed by atoms with van der Waals surface area (Å²) in [4.78, 5) is 11.2. The Morgan fingerprint density at radius 3 is 2.86 bits per heavy atom. The highest BCUT2D eigenvalue weighted by atomic mass is 16.6. The molecule has 1 aromatic heterocycles. The Kier molecular flexibility index (Phi) is 3.37. The second-order valence-corrected chi connectivity index (χ2v) is 2.54. The summed E-state index contributed by atoms with van der Waals surface area (Å²) >= 11 is 0. The molecule has 0 aromatic carbocycles. The van der Waals surface area contributed by atoms with Gasteiger partial charge in [0.1, 0.15) is 0 Å². The predicted octanol–water partition coefficient (Wildman–Crippen LogP) is -2.27. The second-order valence-electron chi connectivity index (χ2n) is 2.54. The van der Waals surface area contributed by atoms with Crippen LogP contribution in [0.5, 0.6) is 0 Å². The molecular formula is C6H10N4O4. The van der Waals surface area contributed by atoms with Crippen LogP contribution in [0.3, 0.4) is 0 Å². The maximum absolute atomic E-state index is 11.2. The minimum atomic E-state index is -1.01. The van der Waals surface area contributed by atoms with Crippen LogP contribution in [-0.2, 0) is 0 Å². The van der Waals surface area contributed by atoms with Gasteiger partial charge in [-0.05, 0) is 10.3 Å². The van der Waals surface area contributed by atoms with Crippen LogP contribution in [-0.4, -0.2) is 45.7 Å². The van der Waals surface area contributed by atoms with Crippen LogP contribution in [0.25, 0.3) is 0 Å². The lowest BCUT2D eigenvalue weighted by Gasteiger charge is -2.06. The van der Waals surface area contributed by atoms with E-state index in [9.17, 15) is 4.79 Å². The van der Waals surface area contributed by atoms with Crippen molar-refractivity contribution in [2.75, 3.05) is 18.9 Å². The van der Waals surface area contributed by atoms with Gasteiger partial charge in [0.05, 0.1) is 12.7 Å². The van der Waals surface area contributed by atoms with Gasteiger partial charge in [-0.3, -0.25) is 4.79 Å². The first kappa shape index (κ1) is 10.4. The molecule has 0 saturated heterocycles. The fraction of sp³-hybridized carbons (Fsp3) is 0.500. The number of carbonyl (C=O) groups excluding carboxylic acids is 1. The summed E-state index contributed by atoms with van der Waals surface area (Å²) in [5.74, 6) is -0.739. The summed E-state index contributed by atoms with van der Waals surface area (Å²) in [7, 11) is 0. The topological polar surface area (TPSA) is 134 Å². The minimum absolute atomic E-state index is 0.0956. The smallest absolute Gasteiger partial charge is 0.277 e. The van der Waals surface area contributed by atoms with Gasteiger partial charge in [-0.15, -0.1) is 0 Å². The SMILES string of the molecule is Nc1nonc1C(=O)NCC(O)CO. The Balaban J connectivity index is 2.47. The van der Waals surface area contributed by atoms with Gasteiger partial charge in [-0.25, -0.2) is 4.63 Å². The first-order valence-corrected chi connectivity index (χ1v) is 3.80. The Hall–Kier alpha value is -1.67. The molecule has 0 aliphatic rings. The molecule has 0 bridgehead atoms. The van der Waals surface area contributed by atoms with E-state index in [1.54, 1.807) is 0 Å². The molecule has 1 atom stereocenters. The number of aliphatic hydroxyl groups is 2. The van der Waals surface area contributed by atoms with E-state index >= 15 is 0 Å². The molecule has 0 aliphatic carbocycles. The van der Waals surface area contributed by atoms with Crippen LogP contribution in [0.15, 0.2) is 4.63 Å². The quantitative estimate of drug-likeness (QED) is 0.432. The molecule has 0 spiro atoms. The highest BCUT2D eigenvalue weighted by Gasteiger charge is 2.16. The number of nitrogens with zero attached hydrogens (tertiary/aromatic N) is 2. The van der Waals surface area contributed by atoms with Crippen molar-refractivity contribution in [1.82, 2.24) is 15.6 Å². The molecule has 0 aliphatic heterocycles. The highest BCUT2D eigenvalue weighted by molar-refractivity contribution is 5.95. The van der Waals surface area contributed by atoms with E-state index in [0.717, 1.165) is 0 Å². The summed E-state index contributed by atoms with van der Waals surface area (Å²) in [5, 5.41) is 26.1. The number of aromatic nitrogens is 2. The van der Waals surface area contributed by atoms with Gasteiger partial charge >= 0.3 is 0 Å². The van der Waals surface area contributed by atoms with E-state index in [-0.39, 0.29) is 18.1 Å². The van der Waals surface area contributed by atoms with Crippen molar-refractivity contribution >= 4 is 11.7 Å². The molecule has 78 valence electrons. The number of nitrogen functional groups attached to an aromatic ring is 1. The molecule has 5 N–H and O–H groups in total. The molecule has 0 fully saturated rings. The molecule has 8 heteroatoms. The maximum atomic E-state index is 11.2. The molecule has 1 rings (SSSR count). The maximum Gasteiger partial charge on any atom is 0.277 e. The fourth-order valence-corrected chi connectivity index (χ4v) is 0.712. The zero-order chi connectivity index (χ0) is 10.6. The summed E-state index contributed by atoms with van der Waals surface area (Å²) in [6, 6.07) is 0. The third-order valence-corrected chi connectivity index (χ3v) is 1.44. The number of amides is 1. The van der Waals surface area contributed by atoms with Gasteiger partial charge in [0.15, 0.2) is 0 Å². The Morgan fingerprint density at radius 2 is 2.36 bits per heavy atom. The van der Waals surface area contributed by atoms with E-state index in [4.69, 9.17) is 15.9 Å². The largest absolute Gasteiger partial charge is 0.394 e. The van der Waals surface area contributed by atoms with E-state index in [1.807, 2.05) is 0 Å². The Morgan fingerprint density at radius 1 is 1.64 bits per heavy atom. The van der Waals surface area contributed by atoms with E-state index in [1.165, 1.54) is 0 Å². The van der Waals surface area contributed by atoms with Crippen LogP contribution in [0.1, 0.15) is 10.5 Å². The number of hydrogen-bond acceptors (Lipinski definition) is 7. The van der Waals surface area contributed by atoms with Crippen LogP contribution in [0.4, 0.5) is 5.82 Å². The van der Waals surface area contributed by atoms with Crippen molar-refractivity contribution in [1.29, 1.82) is 0 Å². The van der Waals surface area contributed by atoms with Gasteiger partial charge in [-0.2, -0.15) is 0 Å². The third kappa shape index (κ3) is 2.41. The van der Waals surface area contributed by atoms with Gasteiger partial charge in [0.25, 0.3) is 5.91 Å². The van der Waals surface area contributed by atoms with Crippen LogP contribution in [0.2, 0.25) is 0 Å². The van der Waals surface area contributed by atoms with Crippen molar-refractivity contribution in [3.8, 4) is 0 Å². The van der Waals surface area contributed by atoms with Crippen LogP contribution in [0, 0.1) is 0 Å². The number of aliphatic hydroxyl groups excluding tert-OH is 2. The molecule has 1 heterocycles. The average Bonchev–Trinajstić information content (AvgIpc) is 2.60. The first-order chi connectivity index (χ1) is 6.65. The zero-order valence-corrected chi connectivity index (χ0v) is 7.17. The van der Waals surface area contributed by atoms with E-state index in [0.29, 0.717) is 0 Å². The molecule has 8 nitrogen and oxygen atoms in total. The van der Waals surface area contributed by atoms with Crippen molar-refractivity contribution in [3.05, 3.63) is 5.69 Å². The van der Waals surface area contributed by atoms with Crippen molar-refractivity contribution < 1.29 is 19.6 Å². The summed E-state index contributed by atoms with van der Waals surface area (Å²) < 4.78 is 4.20. The molecule has 0 saturated carbocycles. The van der Waals surface area contributed by atoms with Gasteiger partial charge in [0, 0.05) is 6.54 Å². The third-order valence-electron chi connectivity index (χ3n) is 1.44. The fourth-order valence-electron chi connectivity index (χ4n) is 0.712. The average molecular weight is 202 g/mol. The molecule has 0 radical (unpaired) electrons. The number of anilines is 1. The molecule has 14 heavy (non-hydrogen) atoms. The summed E-state index contributed by atoms with van der Waals surface area (Å²) in [6.07, 6.45) is -1.01. The van der Waals surface area contributed by atoms with Gasteiger partial charge < -0.3 is 21.3 Å². The number of nitrogens with two attached hydrogens (primary N) is 1. The molecule has 1 aromatic rings. The predicted molar refractivity (Wildman–Crippen MR) is 44.1 cm³/mol. The lowest BCUT2D eigenvalue weighted by molar-refractivity contribution is 0.0796. The Bertz CT molecular complexity index is 313. The number of rotatable bonds is 4. The first-order valence-electron chi connectivity index (χ1n) is 3.80. The van der Waals surface area contributed by atoms with E-state index < -0.39 is 18.6 Å². The lowest BCUT2D eigenvalue weighted by atomic mass is 10.3. The van der Waals surface area contributed by atoms with Crippen molar-refractivity contribution in [2.45, 2.75) is 6.10 Å². The zero-order valence-electron chi connectivity index (χ0n) is 7.17. The van der Waals surface area contributed by atoms with Crippen LogP contribution >= 0.6 is 0 Å². The lowest BCUT2D eigenvalue weighted by Crippen LogP contribution is -2.34. The monoisotopic (exact) mass is 202 g/mol. The van der Waals surface area contributed by atoms with Crippen molar-refractivity contribution in [2.24, 2.45) is 0 Å². The second kappa shape index (κ2) is 4.53. The summed E-state index contributed by atoms with van der Waals surface area (Å²) in [6.45, 7) is -0.533. The Labute approximate surface area is 78.7 Å². The number of carbonyl (C=O) groups is 1. The highest BCUT2D eigenvalue weighted by Crippen LogP contribution is 2.02. The molecule has 1 unspecified atom stereocenters. The number of nitrogens with one attached hydrogen (secondary N) is 1. The van der Waals surface area contributed by atoms with Crippen LogP contribution < -0.4 is 11.1 Å². The normalized spacial score (nSPS) is 12.4.